The van der Waals surface area contributed by atoms with Crippen molar-refractivity contribution in [2.45, 2.75) is 0 Å². The molecule has 4 N–H and O–H groups in total. The van der Waals surface area contributed by atoms with Crippen molar-refractivity contribution in [3.63, 3.8) is 0 Å². The second kappa shape index (κ2) is 22.9. The summed E-state index contributed by atoms with van der Waals surface area (Å²) in [4.78, 5) is 0. The minimum Gasteiger partial charge on any atom is -0.329 e. The van der Waals surface area contributed by atoms with Gasteiger partial charge in [-0.2, -0.15) is 0 Å². The van der Waals surface area contributed by atoms with Gasteiger partial charge in [-0.1, -0.05) is 0 Å². The van der Waals surface area contributed by atoms with Crippen LogP contribution in [0.25, 0.3) is 0 Å². The smallest absolute Gasteiger partial charge is 0.329 e. The third-order valence-electron chi connectivity index (χ3n) is 0.167. The van der Waals surface area contributed by atoms with E-state index in [-0.39, 0.29) is 96.9 Å². The molecule has 0 radical (unpaired) electrons. The number of hydrogen-bond acceptors (Lipinski definition) is 2. The summed E-state index contributed by atoms with van der Waals surface area (Å²) in [5.41, 5.74) is 9.81. The van der Waals surface area contributed by atoms with Crippen LogP contribution in [0.15, 0.2) is 0 Å². The molecule has 0 rings (SSSR count). The van der Waals surface area contributed by atoms with E-state index in [2.05, 4.69) is 0 Å². The van der Waals surface area contributed by atoms with Gasteiger partial charge in [-0.3, -0.25) is 0 Å². The first-order valence-corrected chi connectivity index (χ1v) is 1.32. The molecule has 0 fully saturated rings. The van der Waals surface area contributed by atoms with Gasteiger partial charge in [-0.05, 0) is 0 Å². The first-order valence-electron chi connectivity index (χ1n) is 1.32. The Hall–Kier alpha value is 3.18. The van der Waals surface area contributed by atoms with Crippen LogP contribution in [-0.4, -0.2) is 50.8 Å². The first-order chi connectivity index (χ1) is 1.91. The summed E-state index contributed by atoms with van der Waals surface area (Å²) in [6, 6.07) is 0. The summed E-state index contributed by atoms with van der Waals surface area (Å²) in [7, 11) is 0. The Labute approximate surface area is 119 Å². The van der Waals surface area contributed by atoms with Crippen molar-refractivity contribution in [1.29, 1.82) is 0 Å². The molecular weight excluding hydrogens is 138 g/mol. The summed E-state index contributed by atoms with van der Waals surface area (Å²) >= 11 is 0. The number of hydrogen-bond donors (Lipinski definition) is 2. The Kier molecular flexibility index (Phi) is 73.5. The molecule has 0 saturated heterocycles. The van der Waals surface area contributed by atoms with Crippen LogP contribution in [0.2, 0.25) is 0 Å². The van der Waals surface area contributed by atoms with E-state index in [9.17, 15) is 0 Å². The van der Waals surface area contributed by atoms with Crippen LogP contribution in [0.5, 0.6) is 0 Å². The molecule has 0 bridgehead atoms. The van der Waals surface area contributed by atoms with Crippen LogP contribution in [0.1, 0.15) is 0 Å². The predicted molar refractivity (Wildman–Crippen MR) is 23.9 cm³/mol. The molecule has 0 aromatic heterocycles. The van der Waals surface area contributed by atoms with Gasteiger partial charge in [0.15, 0.2) is 0 Å². The van der Waals surface area contributed by atoms with Crippen LogP contribution in [-0.2, 0) is 0 Å². The number of rotatable bonds is 1. The molecule has 0 amide bonds. The average molecular weight is 146 g/mol. The second-order valence-electron chi connectivity index (χ2n) is 0.577. The summed E-state index contributed by atoms with van der Waals surface area (Å²) in [6.45, 7) is 1.19. The third-order valence-corrected chi connectivity index (χ3v) is 0.167. The van der Waals surface area contributed by atoms with E-state index in [0.29, 0.717) is 13.1 Å². The van der Waals surface area contributed by atoms with Gasteiger partial charge >= 0.3 is 96.9 Å². The topological polar surface area (TPSA) is 52.0 Å². The van der Waals surface area contributed by atoms with E-state index in [1.807, 2.05) is 0 Å². The van der Waals surface area contributed by atoms with Crippen LogP contribution in [0.4, 0.5) is 0 Å². The zero-order chi connectivity index (χ0) is 3.41. The second-order valence-corrected chi connectivity index (χ2v) is 0.577. The summed E-state index contributed by atoms with van der Waals surface area (Å²) in [6.07, 6.45) is 0. The maximum atomic E-state index is 4.90. The molecule has 0 atom stereocenters. The van der Waals surface area contributed by atoms with Gasteiger partial charge in [-0.15, -0.1) is 0 Å². The Morgan fingerprint density at radius 1 is 0.857 bits per heavy atom. The number of nitrogens with two attached hydrogens (primary N) is 2. The summed E-state index contributed by atoms with van der Waals surface area (Å²) < 4.78 is 0. The maximum Gasteiger partial charge on any atom is 2.00 e. The van der Waals surface area contributed by atoms with Gasteiger partial charge in [0.05, 0.1) is 0 Å². The molecule has 0 aromatic carbocycles. The van der Waals surface area contributed by atoms with E-state index in [0.717, 1.165) is 0 Å². The minimum atomic E-state index is 0. The quantitative estimate of drug-likeness (QED) is 0.361. The molecule has 0 aliphatic heterocycles. The maximum absolute atomic E-state index is 4.90. The van der Waals surface area contributed by atoms with E-state index >= 15 is 0 Å². The van der Waals surface area contributed by atoms with Crippen molar-refractivity contribution in [1.82, 2.24) is 0 Å². The van der Waals surface area contributed by atoms with E-state index < -0.39 is 0 Å². The van der Waals surface area contributed by atoms with Gasteiger partial charge in [0.25, 0.3) is 0 Å². The summed E-state index contributed by atoms with van der Waals surface area (Å²) in [5.74, 6) is 0. The SMILES string of the molecule is NCCN.[Ca+2].[Na+].[Na+]. The van der Waals surface area contributed by atoms with E-state index in [1.165, 1.54) is 0 Å². The van der Waals surface area contributed by atoms with Gasteiger partial charge in [0.2, 0.25) is 0 Å². The zero-order valence-electron chi connectivity index (χ0n) is 5.28. The largest absolute Gasteiger partial charge is 2.00 e. The molecule has 0 aromatic rings. The van der Waals surface area contributed by atoms with Crippen LogP contribution < -0.4 is 70.6 Å². The van der Waals surface area contributed by atoms with E-state index in [4.69, 9.17) is 11.5 Å². The molecule has 0 unspecified atom stereocenters. The minimum absolute atomic E-state index is 0. The van der Waals surface area contributed by atoms with Crippen molar-refractivity contribution in [3.05, 3.63) is 0 Å². The van der Waals surface area contributed by atoms with Crippen molar-refractivity contribution in [2.75, 3.05) is 13.1 Å². The molecule has 5 heteroatoms. The Morgan fingerprint density at radius 3 is 1.00 bits per heavy atom. The van der Waals surface area contributed by atoms with Crippen molar-refractivity contribution >= 4 is 37.7 Å². The fraction of sp³-hybridized carbons (Fsp3) is 1.00. The van der Waals surface area contributed by atoms with Crippen LogP contribution in [0, 0.1) is 0 Å². The fourth-order valence-corrected chi connectivity index (χ4v) is 0. The predicted octanol–water partition coefficient (Wildman–Crippen LogP) is -7.47. The molecule has 0 spiro atoms. The molecule has 0 aliphatic carbocycles. The van der Waals surface area contributed by atoms with Crippen LogP contribution >= 0.6 is 0 Å². The summed E-state index contributed by atoms with van der Waals surface area (Å²) in [5, 5.41) is 0. The molecule has 0 aliphatic rings. The van der Waals surface area contributed by atoms with Gasteiger partial charge < -0.3 is 11.5 Å². The standard InChI is InChI=1S/C2H8N2.Ca.2Na/c3-1-2-4;;;/h1-4H2;;;/q;+2;2*+1. The van der Waals surface area contributed by atoms with Crippen molar-refractivity contribution in [2.24, 2.45) is 11.5 Å². The zero-order valence-corrected chi connectivity index (χ0v) is 11.5. The first kappa shape index (κ1) is 22.5. The molecule has 0 saturated carbocycles. The van der Waals surface area contributed by atoms with Crippen LogP contribution in [0.3, 0.4) is 0 Å². The van der Waals surface area contributed by atoms with Crippen molar-refractivity contribution in [3.8, 4) is 0 Å². The molecule has 7 heavy (non-hydrogen) atoms. The molecule has 26 valence electrons. The molecule has 2 nitrogen and oxygen atoms in total. The monoisotopic (exact) mass is 146 g/mol. The Balaban J connectivity index is -0.0000000150. The molecular formula is C2H8CaN2Na2+4. The average Bonchev–Trinajstić information content (AvgIpc) is 1.37. The van der Waals surface area contributed by atoms with E-state index in [1.54, 1.807) is 0 Å². The van der Waals surface area contributed by atoms with Crippen molar-refractivity contribution < 1.29 is 59.1 Å². The Bertz CT molecular complexity index is 15.7. The van der Waals surface area contributed by atoms with Gasteiger partial charge in [0, 0.05) is 13.1 Å². The third kappa shape index (κ3) is 27.1. The normalized spacial score (nSPS) is 4.29. The van der Waals surface area contributed by atoms with Gasteiger partial charge in [0.1, 0.15) is 0 Å². The Morgan fingerprint density at radius 2 is 1.00 bits per heavy atom. The van der Waals surface area contributed by atoms with Gasteiger partial charge in [-0.25, -0.2) is 0 Å². The fourth-order valence-electron chi connectivity index (χ4n) is 0. The molecule has 0 heterocycles.